The number of carbonyl (C=O) groups excluding carboxylic acids is 1. The average molecular weight is 440 g/mol. The number of hydrogen-bond acceptors (Lipinski definition) is 2. The van der Waals surface area contributed by atoms with E-state index < -0.39 is 5.97 Å². The number of hydrogen-bond donors (Lipinski definition) is 1. The summed E-state index contributed by atoms with van der Waals surface area (Å²) in [6.45, 7) is 0.283. The van der Waals surface area contributed by atoms with Gasteiger partial charge in [-0.2, -0.15) is 0 Å². The van der Waals surface area contributed by atoms with Crippen molar-refractivity contribution in [1.82, 2.24) is 0 Å². The first-order valence-electron chi connectivity index (χ1n) is 9.57. The highest BCUT2D eigenvalue weighted by molar-refractivity contribution is 6.30. The summed E-state index contributed by atoms with van der Waals surface area (Å²) in [6.07, 6.45) is 0.778. The summed E-state index contributed by atoms with van der Waals surface area (Å²) in [7, 11) is 0. The molecule has 1 amide bonds. The van der Waals surface area contributed by atoms with E-state index in [1.54, 1.807) is 41.3 Å². The Morgan fingerprint density at radius 3 is 2.20 bits per heavy atom. The van der Waals surface area contributed by atoms with Crippen LogP contribution in [0.25, 0.3) is 0 Å². The minimum Gasteiger partial charge on any atom is -0.478 e. The van der Waals surface area contributed by atoms with Crippen molar-refractivity contribution < 1.29 is 14.7 Å². The summed E-state index contributed by atoms with van der Waals surface area (Å²) in [5, 5.41) is 10.5. The van der Waals surface area contributed by atoms with Crippen molar-refractivity contribution >= 4 is 40.8 Å². The standard InChI is InChI=1S/C24H19Cl2NO3/c25-18-6-4-16(5-7-18)21-13-22(21)23(28)27(20-10-8-19(26)9-11-20)14-15-2-1-3-17(12-15)24(29)30/h1-12,21-22H,13-14H2,(H,29,30)/t21-,22?/m1/s1. The molecule has 0 aromatic heterocycles. The van der Waals surface area contributed by atoms with Crippen LogP contribution < -0.4 is 4.90 Å². The Labute approximate surface area is 184 Å². The Morgan fingerprint density at radius 2 is 1.57 bits per heavy atom. The average Bonchev–Trinajstić information content (AvgIpc) is 3.54. The minimum atomic E-state index is -0.994. The van der Waals surface area contributed by atoms with Crippen LogP contribution in [0.1, 0.15) is 33.8 Å². The maximum atomic E-state index is 13.4. The second-order valence-corrected chi connectivity index (χ2v) is 8.28. The van der Waals surface area contributed by atoms with Gasteiger partial charge in [-0.05, 0) is 72.0 Å². The quantitative estimate of drug-likeness (QED) is 0.509. The third-order valence-corrected chi connectivity index (χ3v) is 5.83. The molecule has 1 saturated carbocycles. The van der Waals surface area contributed by atoms with Gasteiger partial charge >= 0.3 is 5.97 Å². The molecule has 0 heterocycles. The Hall–Kier alpha value is -2.82. The second-order valence-electron chi connectivity index (χ2n) is 7.41. The van der Waals surface area contributed by atoms with Crippen molar-refractivity contribution in [2.24, 2.45) is 5.92 Å². The number of amides is 1. The highest BCUT2D eigenvalue weighted by atomic mass is 35.5. The fourth-order valence-corrected chi connectivity index (χ4v) is 3.90. The summed E-state index contributed by atoms with van der Waals surface area (Å²) >= 11 is 12.0. The molecule has 1 aliphatic carbocycles. The van der Waals surface area contributed by atoms with Crippen LogP contribution in [0.2, 0.25) is 10.0 Å². The van der Waals surface area contributed by atoms with E-state index in [9.17, 15) is 14.7 Å². The number of benzene rings is 3. The van der Waals surface area contributed by atoms with Crippen molar-refractivity contribution in [2.45, 2.75) is 18.9 Å². The number of nitrogens with zero attached hydrogens (tertiary/aromatic N) is 1. The molecule has 152 valence electrons. The number of halogens is 2. The molecule has 0 aliphatic heterocycles. The molecule has 0 spiro atoms. The molecule has 1 unspecified atom stereocenters. The van der Waals surface area contributed by atoms with Gasteiger partial charge in [0.1, 0.15) is 0 Å². The third-order valence-electron chi connectivity index (χ3n) is 5.32. The molecule has 0 saturated heterocycles. The number of aromatic carboxylic acids is 1. The van der Waals surface area contributed by atoms with Crippen molar-refractivity contribution in [2.75, 3.05) is 4.90 Å². The Balaban J connectivity index is 1.60. The van der Waals surface area contributed by atoms with Crippen molar-refractivity contribution in [3.05, 3.63) is 99.5 Å². The van der Waals surface area contributed by atoms with E-state index in [-0.39, 0.29) is 29.9 Å². The first-order valence-corrected chi connectivity index (χ1v) is 10.3. The van der Waals surface area contributed by atoms with Gasteiger partial charge in [0.25, 0.3) is 0 Å². The van der Waals surface area contributed by atoms with E-state index >= 15 is 0 Å². The molecule has 4 nitrogen and oxygen atoms in total. The summed E-state index contributed by atoms with van der Waals surface area (Å²) in [4.78, 5) is 26.4. The van der Waals surface area contributed by atoms with E-state index in [0.29, 0.717) is 10.0 Å². The molecule has 1 aliphatic rings. The predicted octanol–water partition coefficient (Wildman–Crippen LogP) is 6.03. The molecule has 3 aromatic rings. The van der Waals surface area contributed by atoms with Gasteiger partial charge in [-0.25, -0.2) is 4.79 Å². The van der Waals surface area contributed by atoms with Crippen molar-refractivity contribution in [1.29, 1.82) is 0 Å². The van der Waals surface area contributed by atoms with Crippen molar-refractivity contribution in [3.8, 4) is 0 Å². The first kappa shape index (κ1) is 20.5. The van der Waals surface area contributed by atoms with E-state index in [2.05, 4.69) is 0 Å². The maximum absolute atomic E-state index is 13.4. The van der Waals surface area contributed by atoms with E-state index in [1.807, 2.05) is 30.3 Å². The number of carbonyl (C=O) groups is 2. The highest BCUT2D eigenvalue weighted by Crippen LogP contribution is 2.49. The summed E-state index contributed by atoms with van der Waals surface area (Å²) in [5.41, 5.74) is 2.77. The molecular formula is C24H19Cl2NO3. The van der Waals surface area contributed by atoms with Crippen LogP contribution in [-0.2, 0) is 11.3 Å². The van der Waals surface area contributed by atoms with E-state index in [4.69, 9.17) is 23.2 Å². The fraction of sp³-hybridized carbons (Fsp3) is 0.167. The van der Waals surface area contributed by atoms with Crippen LogP contribution in [-0.4, -0.2) is 17.0 Å². The zero-order valence-corrected chi connectivity index (χ0v) is 17.5. The molecule has 0 radical (unpaired) electrons. The van der Waals surface area contributed by atoms with Gasteiger partial charge in [0.05, 0.1) is 12.1 Å². The molecule has 1 fully saturated rings. The van der Waals surface area contributed by atoms with E-state index in [0.717, 1.165) is 23.2 Å². The summed E-state index contributed by atoms with van der Waals surface area (Å²) < 4.78 is 0. The van der Waals surface area contributed by atoms with Gasteiger partial charge in [-0.1, -0.05) is 47.5 Å². The van der Waals surface area contributed by atoms with Crippen LogP contribution in [0.5, 0.6) is 0 Å². The van der Waals surface area contributed by atoms with Crippen LogP contribution in [0, 0.1) is 5.92 Å². The number of anilines is 1. The largest absolute Gasteiger partial charge is 0.478 e. The SMILES string of the molecule is O=C(O)c1cccc(CN(C(=O)C2C[C@@H]2c2ccc(Cl)cc2)c2ccc(Cl)cc2)c1. The predicted molar refractivity (Wildman–Crippen MR) is 118 cm³/mol. The lowest BCUT2D eigenvalue weighted by atomic mass is 10.1. The van der Waals surface area contributed by atoms with Gasteiger partial charge in [0.15, 0.2) is 0 Å². The van der Waals surface area contributed by atoms with Crippen LogP contribution >= 0.6 is 23.2 Å². The van der Waals surface area contributed by atoms with Crippen LogP contribution in [0.15, 0.2) is 72.8 Å². The lowest BCUT2D eigenvalue weighted by Crippen LogP contribution is -2.32. The van der Waals surface area contributed by atoms with Crippen LogP contribution in [0.3, 0.4) is 0 Å². The van der Waals surface area contributed by atoms with Gasteiger partial charge < -0.3 is 10.0 Å². The second kappa shape index (κ2) is 8.50. The Bertz CT molecular complexity index is 1080. The maximum Gasteiger partial charge on any atom is 0.335 e. The topological polar surface area (TPSA) is 57.6 Å². The molecule has 6 heteroatoms. The molecule has 2 atom stereocenters. The highest BCUT2D eigenvalue weighted by Gasteiger charge is 2.46. The minimum absolute atomic E-state index is 0.0120. The molecule has 3 aromatic carbocycles. The Morgan fingerprint density at radius 1 is 0.933 bits per heavy atom. The van der Waals surface area contributed by atoms with Gasteiger partial charge in [-0.3, -0.25) is 4.79 Å². The number of carboxylic acid groups (broad SMARTS) is 1. The van der Waals surface area contributed by atoms with Gasteiger partial charge in [-0.15, -0.1) is 0 Å². The molecule has 4 rings (SSSR count). The van der Waals surface area contributed by atoms with Crippen LogP contribution in [0.4, 0.5) is 5.69 Å². The zero-order valence-electron chi connectivity index (χ0n) is 16.0. The molecule has 30 heavy (non-hydrogen) atoms. The lowest BCUT2D eigenvalue weighted by molar-refractivity contribution is -0.120. The zero-order chi connectivity index (χ0) is 21.3. The summed E-state index contributed by atoms with van der Waals surface area (Å²) in [5.74, 6) is -0.941. The Kier molecular flexibility index (Phi) is 5.80. The van der Waals surface area contributed by atoms with E-state index in [1.165, 1.54) is 6.07 Å². The lowest BCUT2D eigenvalue weighted by Gasteiger charge is -2.24. The first-order chi connectivity index (χ1) is 14.4. The third kappa shape index (κ3) is 4.50. The summed E-state index contributed by atoms with van der Waals surface area (Å²) in [6, 6.07) is 21.4. The fourth-order valence-electron chi connectivity index (χ4n) is 3.65. The molecule has 0 bridgehead atoms. The van der Waals surface area contributed by atoms with Gasteiger partial charge in [0.2, 0.25) is 5.91 Å². The molecule has 1 N–H and O–H groups in total. The number of rotatable bonds is 6. The van der Waals surface area contributed by atoms with Crippen molar-refractivity contribution in [3.63, 3.8) is 0 Å². The van der Waals surface area contributed by atoms with Gasteiger partial charge in [0, 0.05) is 21.7 Å². The normalized spacial score (nSPS) is 17.4. The smallest absolute Gasteiger partial charge is 0.335 e. The number of carboxylic acids is 1. The monoisotopic (exact) mass is 439 g/mol. The molecular weight excluding hydrogens is 421 g/mol.